The van der Waals surface area contributed by atoms with E-state index in [9.17, 15) is 10.1 Å². The molecule has 1 atom stereocenters. The van der Waals surface area contributed by atoms with Crippen molar-refractivity contribution in [3.8, 4) is 28.5 Å². The molecule has 0 spiro atoms. The average Bonchev–Trinajstić information content (AvgIpc) is 3.54. The predicted octanol–water partition coefficient (Wildman–Crippen LogP) is 7.63. The molecule has 0 aliphatic heterocycles. The van der Waals surface area contributed by atoms with E-state index in [0.29, 0.717) is 41.1 Å². The van der Waals surface area contributed by atoms with E-state index in [1.807, 2.05) is 72.7 Å². The number of hydrogen-bond donors (Lipinski definition) is 2. The molecule has 11 heteroatoms. The standard InChI is InChI=1S/C36H38ClN9O/c1-3-9-32(12-7-8-19-39-35-41-23-29(20-38)34(44-35)27-13-16-31(37)17-14-27)46(36(47)42-21-26-10-5-4-6-11-26)33-18-15-28(22-40-33)30-24-43-45(2)25-30/h4-6,10-11,13-18,22-25,32H,3,7-9,12,19,21H2,1-2H3,(H,42,47)(H,39,41,44). The predicted molar refractivity (Wildman–Crippen MR) is 186 cm³/mol. The lowest BCUT2D eigenvalue weighted by Gasteiger charge is -2.31. The van der Waals surface area contributed by atoms with Crippen molar-refractivity contribution in [3.05, 3.63) is 108 Å². The van der Waals surface area contributed by atoms with Crippen LogP contribution >= 0.6 is 11.6 Å². The third kappa shape index (κ3) is 8.93. The minimum Gasteiger partial charge on any atom is -0.354 e. The van der Waals surface area contributed by atoms with Crippen LogP contribution in [-0.2, 0) is 13.6 Å². The van der Waals surface area contributed by atoms with Gasteiger partial charge < -0.3 is 10.6 Å². The van der Waals surface area contributed by atoms with Gasteiger partial charge in [0.15, 0.2) is 0 Å². The largest absolute Gasteiger partial charge is 0.354 e. The van der Waals surface area contributed by atoms with E-state index in [1.165, 1.54) is 6.20 Å². The molecule has 0 radical (unpaired) electrons. The number of halogens is 1. The van der Waals surface area contributed by atoms with Crippen LogP contribution in [0, 0.1) is 11.3 Å². The van der Waals surface area contributed by atoms with Gasteiger partial charge in [-0.2, -0.15) is 10.4 Å². The van der Waals surface area contributed by atoms with Crippen molar-refractivity contribution < 1.29 is 4.79 Å². The zero-order valence-corrected chi connectivity index (χ0v) is 27.4. The summed E-state index contributed by atoms with van der Waals surface area (Å²) >= 11 is 6.05. The first-order valence-electron chi connectivity index (χ1n) is 15.8. The molecule has 0 saturated heterocycles. The summed E-state index contributed by atoms with van der Waals surface area (Å²) in [6.07, 6.45) is 11.3. The lowest BCUT2D eigenvalue weighted by Crippen LogP contribution is -2.46. The van der Waals surface area contributed by atoms with Crippen LogP contribution in [-0.4, -0.2) is 43.4 Å². The molecule has 3 heterocycles. The Morgan fingerprint density at radius 2 is 1.74 bits per heavy atom. The highest BCUT2D eigenvalue weighted by Crippen LogP contribution is 2.26. The Bertz CT molecular complexity index is 1780. The van der Waals surface area contributed by atoms with Gasteiger partial charge in [-0.05, 0) is 55.5 Å². The molecule has 10 nitrogen and oxygen atoms in total. The van der Waals surface area contributed by atoms with Crippen molar-refractivity contribution in [1.29, 1.82) is 5.26 Å². The number of amides is 2. The number of nitrogens with one attached hydrogen (secondary N) is 2. The first-order valence-corrected chi connectivity index (χ1v) is 16.2. The summed E-state index contributed by atoms with van der Waals surface area (Å²) in [6, 6.07) is 23.0. The molecule has 0 saturated carbocycles. The van der Waals surface area contributed by atoms with Crippen molar-refractivity contribution in [1.82, 2.24) is 30.0 Å². The second kappa shape index (κ2) is 16.3. The van der Waals surface area contributed by atoms with E-state index in [1.54, 1.807) is 29.2 Å². The number of unbranched alkanes of at least 4 members (excludes halogenated alkanes) is 1. The fourth-order valence-electron chi connectivity index (χ4n) is 5.40. The molecule has 5 rings (SSSR count). The fourth-order valence-corrected chi connectivity index (χ4v) is 5.53. The number of carbonyl (C=O) groups excluding carboxylic acids is 1. The second-order valence-corrected chi connectivity index (χ2v) is 11.7. The summed E-state index contributed by atoms with van der Waals surface area (Å²) in [7, 11) is 1.88. The summed E-state index contributed by atoms with van der Waals surface area (Å²) in [5, 5.41) is 20.9. The van der Waals surface area contributed by atoms with Gasteiger partial charge >= 0.3 is 6.03 Å². The minimum absolute atomic E-state index is 0.0461. The number of aromatic nitrogens is 5. The van der Waals surface area contributed by atoms with E-state index in [4.69, 9.17) is 16.6 Å². The van der Waals surface area contributed by atoms with Gasteiger partial charge in [0.25, 0.3) is 0 Å². The molecule has 240 valence electrons. The highest BCUT2D eigenvalue weighted by atomic mass is 35.5. The lowest BCUT2D eigenvalue weighted by molar-refractivity contribution is 0.242. The number of nitrogens with zero attached hydrogens (tertiary/aromatic N) is 7. The number of rotatable bonds is 14. The number of pyridine rings is 1. The smallest absolute Gasteiger partial charge is 0.323 e. The molecule has 0 fully saturated rings. The van der Waals surface area contributed by atoms with Crippen LogP contribution in [0.3, 0.4) is 0 Å². The summed E-state index contributed by atoms with van der Waals surface area (Å²) in [5.41, 5.74) is 4.69. The first kappa shape index (κ1) is 33.1. The number of anilines is 2. The topological polar surface area (TPSA) is 125 Å². The average molecular weight is 648 g/mol. The van der Waals surface area contributed by atoms with Gasteiger partial charge in [-0.25, -0.2) is 19.7 Å². The van der Waals surface area contributed by atoms with Crippen LogP contribution in [0.2, 0.25) is 5.02 Å². The van der Waals surface area contributed by atoms with E-state index >= 15 is 0 Å². The summed E-state index contributed by atoms with van der Waals surface area (Å²) in [6.45, 7) is 3.20. The maximum Gasteiger partial charge on any atom is 0.323 e. The summed E-state index contributed by atoms with van der Waals surface area (Å²) in [4.78, 5) is 29.3. The third-order valence-electron chi connectivity index (χ3n) is 7.80. The number of carbonyl (C=O) groups is 1. The van der Waals surface area contributed by atoms with Gasteiger partial charge in [0.1, 0.15) is 11.9 Å². The van der Waals surface area contributed by atoms with Gasteiger partial charge in [-0.1, -0.05) is 67.4 Å². The quantitative estimate of drug-likeness (QED) is 0.119. The normalized spacial score (nSPS) is 11.4. The van der Waals surface area contributed by atoms with Crippen LogP contribution < -0.4 is 15.5 Å². The van der Waals surface area contributed by atoms with Crippen molar-refractivity contribution in [2.45, 2.75) is 51.6 Å². The van der Waals surface area contributed by atoms with E-state index < -0.39 is 0 Å². The Morgan fingerprint density at radius 1 is 0.957 bits per heavy atom. The van der Waals surface area contributed by atoms with E-state index in [-0.39, 0.29) is 12.1 Å². The Kier molecular flexibility index (Phi) is 11.5. The third-order valence-corrected chi connectivity index (χ3v) is 8.05. The number of urea groups is 1. The van der Waals surface area contributed by atoms with Crippen LogP contribution in [0.1, 0.15) is 50.2 Å². The highest BCUT2D eigenvalue weighted by Gasteiger charge is 2.26. The van der Waals surface area contributed by atoms with Gasteiger partial charge in [0.2, 0.25) is 5.95 Å². The van der Waals surface area contributed by atoms with Crippen LogP contribution in [0.4, 0.5) is 16.6 Å². The second-order valence-electron chi connectivity index (χ2n) is 11.3. The molecule has 5 aromatic rings. The molecule has 3 aromatic heterocycles. The van der Waals surface area contributed by atoms with Crippen LogP contribution in [0.25, 0.3) is 22.4 Å². The number of hydrogen-bond acceptors (Lipinski definition) is 7. The fraction of sp³-hybridized carbons (Fsp3) is 0.278. The molecule has 0 aliphatic carbocycles. The van der Waals surface area contributed by atoms with Crippen LogP contribution in [0.15, 0.2) is 91.5 Å². The van der Waals surface area contributed by atoms with Gasteiger partial charge in [0, 0.05) is 60.3 Å². The molecule has 47 heavy (non-hydrogen) atoms. The number of aryl methyl sites for hydroxylation is 1. The first-order chi connectivity index (χ1) is 22.9. The van der Waals surface area contributed by atoms with Crippen molar-refractivity contribution >= 4 is 29.4 Å². The SMILES string of the molecule is CCCC(CCCCNc1ncc(C#N)c(-c2ccc(Cl)cc2)n1)N(C(=O)NCc1ccccc1)c1ccc(-c2cnn(C)c2)cn1. The van der Waals surface area contributed by atoms with Gasteiger partial charge in [-0.3, -0.25) is 9.58 Å². The Balaban J connectivity index is 1.26. The van der Waals surface area contributed by atoms with Crippen LogP contribution in [0.5, 0.6) is 0 Å². The highest BCUT2D eigenvalue weighted by molar-refractivity contribution is 6.30. The molecule has 1 unspecified atom stereocenters. The van der Waals surface area contributed by atoms with E-state index in [0.717, 1.165) is 54.4 Å². The molecule has 2 amide bonds. The molecular weight excluding hydrogens is 610 g/mol. The molecule has 0 aliphatic rings. The van der Waals surface area contributed by atoms with Crippen molar-refractivity contribution in [2.75, 3.05) is 16.8 Å². The minimum atomic E-state index is -0.173. The monoisotopic (exact) mass is 647 g/mol. The lowest BCUT2D eigenvalue weighted by atomic mass is 10.0. The molecule has 0 bridgehead atoms. The molecule has 2 aromatic carbocycles. The van der Waals surface area contributed by atoms with Gasteiger partial charge in [0.05, 0.1) is 23.7 Å². The Hall–Kier alpha value is -5.27. The van der Waals surface area contributed by atoms with E-state index in [2.05, 4.69) is 38.7 Å². The molecular formula is C36H38ClN9O. The number of nitriles is 1. The zero-order valence-electron chi connectivity index (χ0n) is 26.6. The van der Waals surface area contributed by atoms with Crippen molar-refractivity contribution in [2.24, 2.45) is 7.05 Å². The maximum absolute atomic E-state index is 13.8. The molecule has 2 N–H and O–H groups in total. The Morgan fingerprint density at radius 3 is 2.43 bits per heavy atom. The summed E-state index contributed by atoms with van der Waals surface area (Å²) in [5.74, 6) is 1.07. The van der Waals surface area contributed by atoms with Gasteiger partial charge in [-0.15, -0.1) is 0 Å². The van der Waals surface area contributed by atoms with Crippen molar-refractivity contribution in [3.63, 3.8) is 0 Å². The zero-order chi connectivity index (χ0) is 33.0. The number of benzene rings is 2. The summed E-state index contributed by atoms with van der Waals surface area (Å²) < 4.78 is 1.75. The maximum atomic E-state index is 13.8. The Labute approximate surface area is 280 Å².